The number of likely N-dealkylation sites (tertiary alicyclic amines) is 1. The van der Waals surface area contributed by atoms with Crippen molar-refractivity contribution in [2.45, 2.75) is 25.9 Å². The quantitative estimate of drug-likeness (QED) is 0.146. The fraction of sp³-hybridized carbons (Fsp3) is 0.257. The molecule has 216 valence electrons. The number of thiophene rings is 1. The molecular formula is C35H35NO5S. The molecule has 5 aromatic rings. The Morgan fingerprint density at radius 2 is 1.43 bits per heavy atom. The summed E-state index contributed by atoms with van der Waals surface area (Å²) in [5, 5.41) is 0.785. The summed E-state index contributed by atoms with van der Waals surface area (Å²) in [6.45, 7) is 4.35. The number of fused-ring (bicyclic) bond motifs is 1. The van der Waals surface area contributed by atoms with Crippen molar-refractivity contribution in [1.82, 2.24) is 4.90 Å². The predicted molar refractivity (Wildman–Crippen MR) is 168 cm³/mol. The zero-order valence-corrected chi connectivity index (χ0v) is 24.6. The molecule has 6 rings (SSSR count). The predicted octanol–water partition coefficient (Wildman–Crippen LogP) is 8.48. The zero-order valence-electron chi connectivity index (χ0n) is 23.8. The number of hydrogen-bond donors (Lipinski definition) is 0. The topological polar surface area (TPSA) is 63.2 Å². The van der Waals surface area contributed by atoms with Crippen LogP contribution in [0.1, 0.15) is 24.8 Å². The van der Waals surface area contributed by atoms with Crippen LogP contribution >= 0.6 is 10.8 Å². The van der Waals surface area contributed by atoms with Crippen LogP contribution in [-0.4, -0.2) is 42.8 Å². The Morgan fingerprint density at radius 3 is 2.17 bits per heavy atom. The summed E-state index contributed by atoms with van der Waals surface area (Å²) < 4.78 is 38.5. The Bertz CT molecular complexity index is 1590. The number of methoxy groups -OCH3 is 1. The Hall–Kier alpha value is -4.04. The molecule has 1 aliphatic rings. The minimum Gasteiger partial charge on any atom is -0.590 e. The second-order valence-electron chi connectivity index (χ2n) is 10.4. The summed E-state index contributed by atoms with van der Waals surface area (Å²) in [5.41, 5.74) is 1.88. The molecule has 1 atom stereocenters. The van der Waals surface area contributed by atoms with Crippen molar-refractivity contribution in [3.63, 3.8) is 0 Å². The summed E-state index contributed by atoms with van der Waals surface area (Å²) in [6.07, 6.45) is 3.88. The van der Waals surface area contributed by atoms with Gasteiger partial charge < -0.3 is 23.5 Å². The molecule has 1 aromatic heterocycles. The average molecular weight is 582 g/mol. The lowest BCUT2D eigenvalue weighted by molar-refractivity contribution is 0.183. The van der Waals surface area contributed by atoms with Crippen molar-refractivity contribution in [2.75, 3.05) is 33.4 Å². The van der Waals surface area contributed by atoms with Gasteiger partial charge in [0, 0.05) is 18.2 Å². The standard InChI is InChI=1S/C35H35NO5S/c1-38-28-12-10-27(11-13-28)35-34(41-30-16-14-29(15-17-30)39-23-22-36-20-6-3-7-21-36)32-19-18-31(24-33(32)42(35)37)40-25-26-8-4-2-5-9-26/h2,4-5,8-19,24H,3,6-7,20-23,25H2,1H3. The van der Waals surface area contributed by atoms with Crippen LogP contribution < -0.4 is 18.9 Å². The first-order valence-corrected chi connectivity index (χ1v) is 15.6. The van der Waals surface area contributed by atoms with Gasteiger partial charge in [-0.15, -0.1) is 0 Å². The van der Waals surface area contributed by atoms with Gasteiger partial charge in [-0.05, 0) is 103 Å². The Balaban J connectivity index is 1.25. The molecule has 0 amide bonds. The van der Waals surface area contributed by atoms with Crippen molar-refractivity contribution in [3.8, 4) is 39.2 Å². The molecule has 0 bridgehead atoms. The van der Waals surface area contributed by atoms with Crippen LogP contribution in [0.15, 0.2) is 97.1 Å². The number of nitrogens with zero attached hydrogens (tertiary/aromatic N) is 1. The minimum absolute atomic E-state index is 0.431. The van der Waals surface area contributed by atoms with Crippen LogP contribution in [0.5, 0.6) is 28.7 Å². The van der Waals surface area contributed by atoms with E-state index >= 15 is 0 Å². The van der Waals surface area contributed by atoms with E-state index in [2.05, 4.69) is 4.90 Å². The molecular weight excluding hydrogens is 546 g/mol. The van der Waals surface area contributed by atoms with Gasteiger partial charge in [0.05, 0.1) is 12.5 Å². The highest BCUT2D eigenvalue weighted by molar-refractivity contribution is 7.35. The molecule has 1 aliphatic heterocycles. The van der Waals surface area contributed by atoms with Crippen molar-refractivity contribution in [2.24, 2.45) is 0 Å². The monoisotopic (exact) mass is 581 g/mol. The lowest BCUT2D eigenvalue weighted by Gasteiger charge is -2.26. The summed E-state index contributed by atoms with van der Waals surface area (Å²) in [5.74, 6) is 3.41. The highest BCUT2D eigenvalue weighted by atomic mass is 32.2. The number of ether oxygens (including phenoxy) is 4. The van der Waals surface area contributed by atoms with Crippen molar-refractivity contribution in [1.29, 1.82) is 0 Å². The molecule has 4 aromatic carbocycles. The van der Waals surface area contributed by atoms with Gasteiger partial charge in [0.25, 0.3) is 0 Å². The summed E-state index contributed by atoms with van der Waals surface area (Å²) in [6, 6.07) is 30.9. The van der Waals surface area contributed by atoms with Crippen LogP contribution in [-0.2, 0) is 6.61 Å². The van der Waals surface area contributed by atoms with E-state index in [4.69, 9.17) is 18.9 Å². The van der Waals surface area contributed by atoms with Gasteiger partial charge in [-0.1, -0.05) is 36.8 Å². The van der Waals surface area contributed by atoms with Crippen molar-refractivity contribution in [3.05, 3.63) is 103 Å². The lowest BCUT2D eigenvalue weighted by Crippen LogP contribution is -2.33. The normalized spacial score (nSPS) is 14.1. The largest absolute Gasteiger partial charge is 0.590 e. The van der Waals surface area contributed by atoms with E-state index in [1.165, 1.54) is 19.3 Å². The first kappa shape index (κ1) is 28.1. The van der Waals surface area contributed by atoms with Gasteiger partial charge in [-0.25, -0.2) is 0 Å². The van der Waals surface area contributed by atoms with Crippen LogP contribution in [0.25, 0.3) is 20.5 Å². The maximum absolute atomic E-state index is 13.9. The third kappa shape index (κ3) is 6.54. The van der Waals surface area contributed by atoms with Crippen LogP contribution in [0.2, 0.25) is 0 Å². The number of hydrogen-bond acceptors (Lipinski definition) is 6. The second-order valence-corrected chi connectivity index (χ2v) is 11.8. The highest BCUT2D eigenvalue weighted by Crippen LogP contribution is 2.52. The van der Waals surface area contributed by atoms with Crippen molar-refractivity contribution < 1.29 is 23.5 Å². The molecule has 2 heterocycles. The first-order valence-electron chi connectivity index (χ1n) is 14.4. The molecule has 42 heavy (non-hydrogen) atoms. The van der Waals surface area contributed by atoms with E-state index in [9.17, 15) is 4.55 Å². The molecule has 1 fully saturated rings. The molecule has 0 radical (unpaired) electrons. The SMILES string of the molecule is COc1ccc(-c2c(Oc3ccc(OCCN4CCCCC4)cc3)c3ccc(OCc4ccccc4)cc3[s+]2[O-])cc1. The fourth-order valence-corrected chi connectivity index (χ4v) is 6.74. The smallest absolute Gasteiger partial charge is 0.223 e. The van der Waals surface area contributed by atoms with Gasteiger partial charge in [-0.3, -0.25) is 4.90 Å². The van der Waals surface area contributed by atoms with Crippen LogP contribution in [0, 0.1) is 0 Å². The molecule has 7 heteroatoms. The summed E-state index contributed by atoms with van der Waals surface area (Å²) >= 11 is 0. The van der Waals surface area contributed by atoms with E-state index in [1.54, 1.807) is 7.11 Å². The number of piperidine rings is 1. The minimum atomic E-state index is -1.46. The van der Waals surface area contributed by atoms with E-state index < -0.39 is 10.8 Å². The molecule has 0 aliphatic carbocycles. The van der Waals surface area contributed by atoms with E-state index in [0.717, 1.165) is 47.6 Å². The van der Waals surface area contributed by atoms with E-state index in [1.807, 2.05) is 97.1 Å². The van der Waals surface area contributed by atoms with Crippen LogP contribution in [0.3, 0.4) is 0 Å². The molecule has 0 N–H and O–H groups in total. The lowest BCUT2D eigenvalue weighted by atomic mass is 10.1. The zero-order chi connectivity index (χ0) is 28.7. The highest BCUT2D eigenvalue weighted by Gasteiger charge is 2.27. The second kappa shape index (κ2) is 13.3. The molecule has 6 nitrogen and oxygen atoms in total. The Morgan fingerprint density at radius 1 is 0.738 bits per heavy atom. The molecule has 1 saturated heterocycles. The number of rotatable bonds is 11. The van der Waals surface area contributed by atoms with Gasteiger partial charge in [0.15, 0.2) is 10.4 Å². The van der Waals surface area contributed by atoms with Gasteiger partial charge >= 0.3 is 0 Å². The first-order chi connectivity index (χ1) is 20.7. The average Bonchev–Trinajstić information content (AvgIpc) is 3.32. The summed E-state index contributed by atoms with van der Waals surface area (Å²) in [4.78, 5) is 3.08. The third-order valence-electron chi connectivity index (χ3n) is 7.56. The molecule has 0 spiro atoms. The van der Waals surface area contributed by atoms with Gasteiger partial charge in [0.1, 0.15) is 36.2 Å². The number of benzene rings is 4. The Kier molecular flexibility index (Phi) is 8.89. The van der Waals surface area contributed by atoms with E-state index in [-0.39, 0.29) is 0 Å². The molecule has 0 saturated carbocycles. The van der Waals surface area contributed by atoms with Crippen LogP contribution in [0.4, 0.5) is 0 Å². The van der Waals surface area contributed by atoms with Gasteiger partial charge in [-0.2, -0.15) is 0 Å². The third-order valence-corrected chi connectivity index (χ3v) is 9.09. The summed E-state index contributed by atoms with van der Waals surface area (Å²) in [7, 11) is 0.165. The molecule has 1 unspecified atom stereocenters. The maximum atomic E-state index is 13.9. The van der Waals surface area contributed by atoms with Crippen molar-refractivity contribution >= 4 is 20.8 Å². The Labute approximate surface area is 249 Å². The van der Waals surface area contributed by atoms with E-state index in [0.29, 0.717) is 40.0 Å². The fourth-order valence-electron chi connectivity index (χ4n) is 5.27. The maximum Gasteiger partial charge on any atom is 0.223 e. The van der Waals surface area contributed by atoms with Gasteiger partial charge in [0.2, 0.25) is 4.88 Å².